The van der Waals surface area contributed by atoms with Gasteiger partial charge < -0.3 is 24.8 Å². The molecule has 3 aromatic rings. The van der Waals surface area contributed by atoms with Crippen molar-refractivity contribution < 1.29 is 19.0 Å². The lowest BCUT2D eigenvalue weighted by Gasteiger charge is -2.32. The number of carbonyl (C=O) groups is 1. The number of piperidine rings is 1. The molecule has 0 aliphatic carbocycles. The molecule has 1 saturated heterocycles. The number of nitrogens with one attached hydrogen (secondary N) is 2. The monoisotopic (exact) mass is 519 g/mol. The van der Waals surface area contributed by atoms with Crippen molar-refractivity contribution in [3.8, 4) is 22.6 Å². The number of rotatable bonds is 9. The number of ether oxygens (including phenoxy) is 3. The molecule has 1 aromatic heterocycles. The van der Waals surface area contributed by atoms with Crippen LogP contribution in [0, 0.1) is 0 Å². The van der Waals surface area contributed by atoms with E-state index in [0.29, 0.717) is 12.6 Å². The fourth-order valence-electron chi connectivity index (χ4n) is 4.16. The Balaban J connectivity index is 1.16. The van der Waals surface area contributed by atoms with E-state index in [4.69, 9.17) is 14.2 Å². The largest absolute Gasteiger partial charge is 0.497 e. The van der Waals surface area contributed by atoms with Crippen LogP contribution in [0.1, 0.15) is 33.6 Å². The van der Waals surface area contributed by atoms with Crippen molar-refractivity contribution in [2.24, 2.45) is 0 Å². The molecule has 4 rings (SSSR count). The van der Waals surface area contributed by atoms with Gasteiger partial charge in [-0.15, -0.1) is 0 Å². The van der Waals surface area contributed by atoms with Gasteiger partial charge in [-0.3, -0.25) is 4.90 Å². The molecule has 0 radical (unpaired) electrons. The van der Waals surface area contributed by atoms with Gasteiger partial charge in [0.25, 0.3) is 0 Å². The van der Waals surface area contributed by atoms with Crippen LogP contribution in [0.15, 0.2) is 60.9 Å². The van der Waals surface area contributed by atoms with Crippen molar-refractivity contribution >= 4 is 17.7 Å². The average Bonchev–Trinajstić information content (AvgIpc) is 2.90. The molecule has 1 aliphatic heterocycles. The first kappa shape index (κ1) is 27.2. The molecular formula is C29H37N5O4. The smallest absolute Gasteiger partial charge is 0.407 e. The van der Waals surface area contributed by atoms with E-state index in [9.17, 15) is 4.79 Å². The van der Waals surface area contributed by atoms with Crippen LogP contribution >= 0.6 is 0 Å². The van der Waals surface area contributed by atoms with Crippen LogP contribution < -0.4 is 20.1 Å². The maximum atomic E-state index is 12.0. The molecule has 1 aliphatic rings. The van der Waals surface area contributed by atoms with Crippen LogP contribution in [0.5, 0.6) is 11.5 Å². The lowest BCUT2D eigenvalue weighted by molar-refractivity contribution is 0.0476. The van der Waals surface area contributed by atoms with Crippen LogP contribution in [-0.4, -0.2) is 66.0 Å². The van der Waals surface area contributed by atoms with Gasteiger partial charge in [0.1, 0.15) is 23.7 Å². The highest BCUT2D eigenvalue weighted by molar-refractivity contribution is 5.68. The normalized spacial score (nSPS) is 14.5. The molecule has 9 heteroatoms. The molecule has 0 spiro atoms. The topological polar surface area (TPSA) is 97.8 Å². The number of carbonyl (C=O) groups excluding carboxylic acids is 1. The number of amides is 1. The first-order valence-corrected chi connectivity index (χ1v) is 13.0. The summed E-state index contributed by atoms with van der Waals surface area (Å²) in [6.45, 7) is 8.90. The minimum absolute atomic E-state index is 0.157. The van der Waals surface area contributed by atoms with E-state index in [2.05, 4.69) is 25.5 Å². The lowest BCUT2D eigenvalue weighted by atomic mass is 10.1. The first-order valence-electron chi connectivity index (χ1n) is 13.0. The summed E-state index contributed by atoms with van der Waals surface area (Å²) in [4.78, 5) is 23.2. The average molecular weight is 520 g/mol. The van der Waals surface area contributed by atoms with Crippen molar-refractivity contribution in [2.45, 2.75) is 45.3 Å². The van der Waals surface area contributed by atoms with Gasteiger partial charge in [0.2, 0.25) is 5.95 Å². The van der Waals surface area contributed by atoms with Crippen LogP contribution in [-0.2, 0) is 4.74 Å². The zero-order chi connectivity index (χ0) is 27.0. The van der Waals surface area contributed by atoms with E-state index < -0.39 is 5.60 Å². The maximum Gasteiger partial charge on any atom is 0.407 e. The summed E-state index contributed by atoms with van der Waals surface area (Å²) in [5.74, 6) is 2.16. The standard InChI is InChI=1S/C29H37N5O4/c1-29(2,3)38-28(35)33-24-13-15-34(16-14-24)17-18-37-26-11-7-23(8-12-26)32-27-30-19-22(20-31-27)21-5-9-25(36-4)10-6-21/h5-12,19-20,24H,13-18H2,1-4H3,(H,33,35)(H,30,31,32). The molecule has 9 nitrogen and oxygen atoms in total. The Morgan fingerprint density at radius 1 is 0.947 bits per heavy atom. The van der Waals surface area contributed by atoms with Crippen molar-refractivity contribution in [1.82, 2.24) is 20.2 Å². The summed E-state index contributed by atoms with van der Waals surface area (Å²) in [6.07, 6.45) is 5.07. The van der Waals surface area contributed by atoms with Crippen molar-refractivity contribution in [2.75, 3.05) is 38.7 Å². The van der Waals surface area contributed by atoms with Crippen molar-refractivity contribution in [3.05, 3.63) is 60.9 Å². The summed E-state index contributed by atoms with van der Waals surface area (Å²) in [5.41, 5.74) is 2.37. The number of anilines is 2. The third-order valence-corrected chi connectivity index (χ3v) is 6.17. The number of likely N-dealkylation sites (tertiary alicyclic amines) is 1. The fraction of sp³-hybridized carbons (Fsp3) is 0.414. The predicted octanol–water partition coefficient (Wildman–Crippen LogP) is 5.26. The summed E-state index contributed by atoms with van der Waals surface area (Å²) in [7, 11) is 1.65. The van der Waals surface area contributed by atoms with Crippen molar-refractivity contribution in [1.29, 1.82) is 0 Å². The van der Waals surface area contributed by atoms with Crippen molar-refractivity contribution in [3.63, 3.8) is 0 Å². The van der Waals surface area contributed by atoms with E-state index in [0.717, 1.165) is 60.8 Å². The summed E-state index contributed by atoms with van der Waals surface area (Å²) < 4.78 is 16.5. The summed E-state index contributed by atoms with van der Waals surface area (Å²) in [5, 5.41) is 6.20. The highest BCUT2D eigenvalue weighted by Gasteiger charge is 2.23. The van der Waals surface area contributed by atoms with Crippen LogP contribution in [0.3, 0.4) is 0 Å². The molecule has 202 valence electrons. The predicted molar refractivity (Wildman–Crippen MR) is 148 cm³/mol. The van der Waals surface area contributed by atoms with Gasteiger partial charge in [-0.1, -0.05) is 12.1 Å². The van der Waals surface area contributed by atoms with E-state index in [1.807, 2.05) is 69.3 Å². The fourth-order valence-corrected chi connectivity index (χ4v) is 4.16. The lowest BCUT2D eigenvalue weighted by Crippen LogP contribution is -2.46. The Morgan fingerprint density at radius 3 is 2.18 bits per heavy atom. The number of methoxy groups -OCH3 is 1. The number of aromatic nitrogens is 2. The van der Waals surface area contributed by atoms with E-state index in [-0.39, 0.29) is 12.1 Å². The number of hydrogen-bond acceptors (Lipinski definition) is 8. The Bertz CT molecular complexity index is 1150. The zero-order valence-electron chi connectivity index (χ0n) is 22.6. The molecule has 0 unspecified atom stereocenters. The molecule has 38 heavy (non-hydrogen) atoms. The Hall–Kier alpha value is -3.85. The highest BCUT2D eigenvalue weighted by atomic mass is 16.6. The Morgan fingerprint density at radius 2 is 1.58 bits per heavy atom. The molecule has 0 atom stereocenters. The third kappa shape index (κ3) is 8.34. The molecule has 0 saturated carbocycles. The van der Waals surface area contributed by atoms with Gasteiger partial charge in [-0.2, -0.15) is 0 Å². The molecule has 2 heterocycles. The van der Waals surface area contributed by atoms with E-state index >= 15 is 0 Å². The molecule has 2 aromatic carbocycles. The Labute approximate surface area is 224 Å². The van der Waals surface area contributed by atoms with Crippen LogP contribution in [0.2, 0.25) is 0 Å². The Kier molecular flexibility index (Phi) is 9.02. The van der Waals surface area contributed by atoms with Gasteiger partial charge in [-0.25, -0.2) is 14.8 Å². The van der Waals surface area contributed by atoms with Gasteiger partial charge >= 0.3 is 6.09 Å². The highest BCUT2D eigenvalue weighted by Crippen LogP contribution is 2.23. The number of hydrogen-bond donors (Lipinski definition) is 2. The molecule has 2 N–H and O–H groups in total. The summed E-state index contributed by atoms with van der Waals surface area (Å²) in [6, 6.07) is 15.7. The molecular weight excluding hydrogens is 482 g/mol. The van der Waals surface area contributed by atoms with E-state index in [1.54, 1.807) is 19.5 Å². The first-order chi connectivity index (χ1) is 18.3. The summed E-state index contributed by atoms with van der Waals surface area (Å²) >= 11 is 0. The van der Waals surface area contributed by atoms with Gasteiger partial charge in [-0.05, 0) is 75.6 Å². The van der Waals surface area contributed by atoms with Crippen LogP contribution in [0.4, 0.5) is 16.4 Å². The SMILES string of the molecule is COc1ccc(-c2cnc(Nc3ccc(OCCN4CCC(NC(=O)OC(C)(C)C)CC4)cc3)nc2)cc1. The number of nitrogens with zero attached hydrogens (tertiary/aromatic N) is 3. The quantitative estimate of drug-likeness (QED) is 0.395. The second-order valence-electron chi connectivity index (χ2n) is 10.3. The van der Waals surface area contributed by atoms with Gasteiger partial charge in [0, 0.05) is 49.3 Å². The minimum Gasteiger partial charge on any atom is -0.497 e. The molecule has 0 bridgehead atoms. The maximum absolute atomic E-state index is 12.0. The molecule has 1 amide bonds. The zero-order valence-corrected chi connectivity index (χ0v) is 22.6. The number of alkyl carbamates (subject to hydrolysis) is 1. The third-order valence-electron chi connectivity index (χ3n) is 6.17. The second kappa shape index (κ2) is 12.6. The van der Waals surface area contributed by atoms with Gasteiger partial charge in [0.15, 0.2) is 0 Å². The number of benzene rings is 2. The molecule has 1 fully saturated rings. The van der Waals surface area contributed by atoms with Crippen LogP contribution in [0.25, 0.3) is 11.1 Å². The van der Waals surface area contributed by atoms with Gasteiger partial charge in [0.05, 0.1) is 7.11 Å². The second-order valence-corrected chi connectivity index (χ2v) is 10.3. The van der Waals surface area contributed by atoms with E-state index in [1.165, 1.54) is 0 Å². The minimum atomic E-state index is -0.478.